The minimum Gasteiger partial charge on any atom is -0.444 e. The number of ketones is 1. The van der Waals surface area contributed by atoms with Crippen molar-refractivity contribution < 1.29 is 14.3 Å². The Labute approximate surface area is 110 Å². The van der Waals surface area contributed by atoms with Crippen molar-refractivity contribution in [3.05, 3.63) is 0 Å². The first kappa shape index (κ1) is 15.0. The van der Waals surface area contributed by atoms with Gasteiger partial charge < -0.3 is 9.64 Å². The first-order valence-corrected chi connectivity index (χ1v) is 6.75. The number of rotatable bonds is 3. The lowest BCUT2D eigenvalue weighted by Crippen LogP contribution is -2.39. The highest BCUT2D eigenvalue weighted by atomic mass is 16.6. The third-order valence-corrected chi connectivity index (χ3v) is 3.59. The molecule has 1 heterocycles. The molecule has 1 aliphatic heterocycles. The number of Topliss-reactive ketones (excluding diaryl/α,β-unsaturated/α-hetero) is 1. The second-order valence-corrected chi connectivity index (χ2v) is 6.06. The molecule has 0 aromatic rings. The van der Waals surface area contributed by atoms with Crippen LogP contribution < -0.4 is 0 Å². The third kappa shape index (κ3) is 3.24. The van der Waals surface area contributed by atoms with Crippen LogP contribution in [0.25, 0.3) is 0 Å². The van der Waals surface area contributed by atoms with Crippen LogP contribution in [0.2, 0.25) is 0 Å². The van der Waals surface area contributed by atoms with Crippen LogP contribution in [0.3, 0.4) is 0 Å². The van der Waals surface area contributed by atoms with Crippen molar-refractivity contribution in [2.24, 2.45) is 5.41 Å². The highest BCUT2D eigenvalue weighted by molar-refractivity contribution is 5.86. The molecule has 4 heteroatoms. The van der Waals surface area contributed by atoms with Gasteiger partial charge in [-0.25, -0.2) is 4.79 Å². The molecule has 0 aromatic carbocycles. The molecule has 104 valence electrons. The molecule has 1 rings (SSSR count). The SMILES string of the molecule is CCC(=O)C1(CC)CCN(C(=O)OC(C)(C)C)C1. The summed E-state index contributed by atoms with van der Waals surface area (Å²) >= 11 is 0. The molecule has 0 N–H and O–H groups in total. The Morgan fingerprint density at radius 3 is 2.33 bits per heavy atom. The van der Waals surface area contributed by atoms with Gasteiger partial charge in [0.25, 0.3) is 0 Å². The van der Waals surface area contributed by atoms with Gasteiger partial charge >= 0.3 is 6.09 Å². The van der Waals surface area contributed by atoms with Crippen LogP contribution in [0, 0.1) is 5.41 Å². The maximum atomic E-state index is 12.0. The zero-order chi connectivity index (χ0) is 14.0. The van der Waals surface area contributed by atoms with Crippen LogP contribution in [0.5, 0.6) is 0 Å². The lowest BCUT2D eigenvalue weighted by atomic mass is 9.79. The van der Waals surface area contributed by atoms with E-state index in [9.17, 15) is 9.59 Å². The lowest BCUT2D eigenvalue weighted by Gasteiger charge is -2.27. The highest BCUT2D eigenvalue weighted by Gasteiger charge is 2.44. The number of carbonyl (C=O) groups is 2. The predicted molar refractivity (Wildman–Crippen MR) is 70.4 cm³/mol. The number of carbonyl (C=O) groups excluding carboxylic acids is 2. The normalized spacial score (nSPS) is 24.2. The molecule has 18 heavy (non-hydrogen) atoms. The smallest absolute Gasteiger partial charge is 0.410 e. The molecule has 1 unspecified atom stereocenters. The Morgan fingerprint density at radius 1 is 1.28 bits per heavy atom. The summed E-state index contributed by atoms with van der Waals surface area (Å²) in [5, 5.41) is 0. The molecule has 0 bridgehead atoms. The lowest BCUT2D eigenvalue weighted by molar-refractivity contribution is -0.128. The van der Waals surface area contributed by atoms with Gasteiger partial charge in [0, 0.05) is 24.9 Å². The molecule has 1 amide bonds. The van der Waals surface area contributed by atoms with Crippen molar-refractivity contribution in [3.8, 4) is 0 Å². The fourth-order valence-corrected chi connectivity index (χ4v) is 2.44. The van der Waals surface area contributed by atoms with Crippen molar-refractivity contribution in [2.45, 2.75) is 59.5 Å². The van der Waals surface area contributed by atoms with E-state index in [1.807, 2.05) is 34.6 Å². The van der Waals surface area contributed by atoms with Crippen molar-refractivity contribution in [1.82, 2.24) is 4.90 Å². The van der Waals surface area contributed by atoms with Crippen molar-refractivity contribution in [2.75, 3.05) is 13.1 Å². The standard InChI is InChI=1S/C14H25NO3/c1-6-11(16)14(7-2)8-9-15(10-14)12(17)18-13(3,4)5/h6-10H2,1-5H3. The van der Waals surface area contributed by atoms with E-state index in [1.54, 1.807) is 4.90 Å². The molecule has 1 fully saturated rings. The first-order chi connectivity index (χ1) is 8.24. The summed E-state index contributed by atoms with van der Waals surface area (Å²) in [7, 11) is 0. The summed E-state index contributed by atoms with van der Waals surface area (Å²) in [6, 6.07) is 0. The van der Waals surface area contributed by atoms with E-state index in [0.29, 0.717) is 19.5 Å². The molecule has 1 saturated heterocycles. The molecule has 1 aliphatic rings. The average molecular weight is 255 g/mol. The van der Waals surface area contributed by atoms with Crippen molar-refractivity contribution >= 4 is 11.9 Å². The molecule has 0 saturated carbocycles. The van der Waals surface area contributed by atoms with Crippen LogP contribution in [-0.4, -0.2) is 35.5 Å². The van der Waals surface area contributed by atoms with Gasteiger partial charge in [0.2, 0.25) is 0 Å². The maximum absolute atomic E-state index is 12.0. The summed E-state index contributed by atoms with van der Waals surface area (Å²) in [4.78, 5) is 25.7. The second-order valence-electron chi connectivity index (χ2n) is 6.06. The molecule has 4 nitrogen and oxygen atoms in total. The van der Waals surface area contributed by atoms with Gasteiger partial charge in [-0.1, -0.05) is 13.8 Å². The van der Waals surface area contributed by atoms with Crippen LogP contribution in [0.15, 0.2) is 0 Å². The summed E-state index contributed by atoms with van der Waals surface area (Å²) in [6.07, 6.45) is 1.78. The largest absolute Gasteiger partial charge is 0.444 e. The Bertz CT molecular complexity index is 332. The Morgan fingerprint density at radius 2 is 1.89 bits per heavy atom. The molecule has 0 aromatic heterocycles. The molecule has 0 aliphatic carbocycles. The van der Waals surface area contributed by atoms with Gasteiger partial charge in [-0.2, -0.15) is 0 Å². The molecular weight excluding hydrogens is 230 g/mol. The van der Waals surface area contributed by atoms with Gasteiger partial charge in [-0.3, -0.25) is 4.79 Å². The van der Waals surface area contributed by atoms with Crippen LogP contribution in [0.1, 0.15) is 53.9 Å². The van der Waals surface area contributed by atoms with Gasteiger partial charge in [0.15, 0.2) is 0 Å². The summed E-state index contributed by atoms with van der Waals surface area (Å²) in [5.74, 6) is 0.260. The first-order valence-electron chi connectivity index (χ1n) is 6.75. The third-order valence-electron chi connectivity index (χ3n) is 3.59. The Hall–Kier alpha value is -1.06. The van der Waals surface area contributed by atoms with Crippen LogP contribution >= 0.6 is 0 Å². The number of hydrogen-bond acceptors (Lipinski definition) is 3. The Balaban J connectivity index is 2.70. The van der Waals surface area contributed by atoms with Crippen molar-refractivity contribution in [3.63, 3.8) is 0 Å². The molecule has 1 atom stereocenters. The number of likely N-dealkylation sites (tertiary alicyclic amines) is 1. The quantitative estimate of drug-likeness (QED) is 0.778. The van der Waals surface area contributed by atoms with Gasteiger partial charge in [0.1, 0.15) is 11.4 Å². The van der Waals surface area contributed by atoms with Gasteiger partial charge in [-0.05, 0) is 33.6 Å². The van der Waals surface area contributed by atoms with E-state index in [1.165, 1.54) is 0 Å². The van der Waals surface area contributed by atoms with Gasteiger partial charge in [-0.15, -0.1) is 0 Å². The topological polar surface area (TPSA) is 46.6 Å². The van der Waals surface area contributed by atoms with E-state index in [-0.39, 0.29) is 17.3 Å². The van der Waals surface area contributed by atoms with E-state index >= 15 is 0 Å². The Kier molecular flexibility index (Phi) is 4.41. The zero-order valence-corrected chi connectivity index (χ0v) is 12.2. The van der Waals surface area contributed by atoms with Crippen LogP contribution in [-0.2, 0) is 9.53 Å². The molecular formula is C14H25NO3. The second kappa shape index (κ2) is 5.29. The average Bonchev–Trinajstić information content (AvgIpc) is 2.71. The molecule has 0 spiro atoms. The number of ether oxygens (including phenoxy) is 1. The maximum Gasteiger partial charge on any atom is 0.410 e. The monoisotopic (exact) mass is 255 g/mol. The van der Waals surface area contributed by atoms with Gasteiger partial charge in [0.05, 0.1) is 0 Å². The summed E-state index contributed by atoms with van der Waals surface area (Å²) in [5.41, 5.74) is -0.824. The van der Waals surface area contributed by atoms with E-state index < -0.39 is 5.60 Å². The summed E-state index contributed by atoms with van der Waals surface area (Å²) in [6.45, 7) is 10.6. The van der Waals surface area contributed by atoms with E-state index in [2.05, 4.69) is 0 Å². The minimum absolute atomic E-state index is 0.260. The van der Waals surface area contributed by atoms with Crippen molar-refractivity contribution in [1.29, 1.82) is 0 Å². The fraction of sp³-hybridized carbons (Fsp3) is 0.857. The summed E-state index contributed by atoms with van der Waals surface area (Å²) < 4.78 is 5.35. The predicted octanol–water partition coefficient (Wildman–Crippen LogP) is 3.00. The highest BCUT2D eigenvalue weighted by Crippen LogP contribution is 2.36. The van der Waals surface area contributed by atoms with Crippen LogP contribution in [0.4, 0.5) is 4.79 Å². The zero-order valence-electron chi connectivity index (χ0n) is 12.2. The number of hydrogen-bond donors (Lipinski definition) is 0. The van der Waals surface area contributed by atoms with E-state index in [0.717, 1.165) is 12.8 Å². The number of amides is 1. The number of nitrogens with zero attached hydrogens (tertiary/aromatic N) is 1. The molecule has 0 radical (unpaired) electrons. The van der Waals surface area contributed by atoms with E-state index in [4.69, 9.17) is 4.74 Å². The minimum atomic E-state index is -0.483. The fourth-order valence-electron chi connectivity index (χ4n) is 2.44.